The second-order valence-electron chi connectivity index (χ2n) is 3.64. The normalized spacial score (nSPS) is 12.8. The van der Waals surface area contributed by atoms with Crippen LogP contribution in [0.3, 0.4) is 0 Å². The number of aryl methyl sites for hydroxylation is 1. The van der Waals surface area contributed by atoms with Crippen molar-refractivity contribution in [3.63, 3.8) is 0 Å². The Morgan fingerprint density at radius 3 is 2.69 bits per heavy atom. The topological polar surface area (TPSA) is 17.3 Å². The van der Waals surface area contributed by atoms with Gasteiger partial charge in [0.1, 0.15) is 5.65 Å². The largest absolute Gasteiger partial charge is 0.304 e. The number of aromatic nitrogens is 2. The van der Waals surface area contributed by atoms with Crippen LogP contribution in [0.2, 0.25) is 0 Å². The Labute approximate surface area is 97.0 Å². The lowest BCUT2D eigenvalue weighted by Crippen LogP contribution is -1.85. The molecule has 2 heteroatoms. The van der Waals surface area contributed by atoms with E-state index in [4.69, 9.17) is 2.74 Å². The van der Waals surface area contributed by atoms with Crippen molar-refractivity contribution < 1.29 is 2.74 Å². The van der Waals surface area contributed by atoms with Crippen LogP contribution in [-0.2, 0) is 0 Å². The molecule has 0 amide bonds. The van der Waals surface area contributed by atoms with E-state index in [2.05, 4.69) is 4.98 Å². The molecule has 0 saturated carbocycles. The van der Waals surface area contributed by atoms with Gasteiger partial charge in [-0.25, -0.2) is 4.98 Å². The molecule has 0 saturated heterocycles. The molecule has 78 valence electrons. The average Bonchev–Trinajstić information content (AvgIpc) is 2.79. The third kappa shape index (κ3) is 1.31. The summed E-state index contributed by atoms with van der Waals surface area (Å²) in [7, 11) is 0. The predicted molar refractivity (Wildman–Crippen MR) is 65.4 cm³/mol. The molecule has 2 heterocycles. The monoisotopic (exact) mass is 210 g/mol. The highest BCUT2D eigenvalue weighted by atomic mass is 15.0. The molecule has 2 nitrogen and oxygen atoms in total. The fourth-order valence-corrected chi connectivity index (χ4v) is 1.82. The average molecular weight is 210 g/mol. The molecule has 0 aliphatic rings. The minimum absolute atomic E-state index is 0.608. The molecular weight excluding hydrogens is 196 g/mol. The van der Waals surface area contributed by atoms with Gasteiger partial charge in [-0.3, -0.25) is 0 Å². The highest BCUT2D eigenvalue weighted by Gasteiger charge is 2.08. The van der Waals surface area contributed by atoms with Gasteiger partial charge in [0, 0.05) is 20.2 Å². The van der Waals surface area contributed by atoms with E-state index < -0.39 is 6.88 Å². The molecule has 0 N–H and O–H groups in total. The Morgan fingerprint density at radius 2 is 1.88 bits per heavy atom. The van der Waals surface area contributed by atoms with Crippen LogP contribution < -0.4 is 0 Å². The summed E-state index contributed by atoms with van der Waals surface area (Å²) in [4.78, 5) is 4.53. The van der Waals surface area contributed by atoms with Gasteiger partial charge in [-0.2, -0.15) is 0 Å². The maximum absolute atomic E-state index is 7.71. The number of fused-ring (bicyclic) bond motifs is 1. The van der Waals surface area contributed by atoms with Crippen LogP contribution in [0.1, 0.15) is 8.44 Å². The van der Waals surface area contributed by atoms with E-state index in [1.165, 1.54) is 0 Å². The lowest BCUT2D eigenvalue weighted by molar-refractivity contribution is 1.11. The molecule has 0 fully saturated rings. The second-order valence-corrected chi connectivity index (χ2v) is 3.64. The maximum Gasteiger partial charge on any atom is 0.137 e. The zero-order chi connectivity index (χ0) is 12.5. The van der Waals surface area contributed by atoms with Gasteiger partial charge in [0.05, 0.1) is 5.69 Å². The van der Waals surface area contributed by atoms with Crippen LogP contribution in [0.5, 0.6) is 0 Å². The number of nitrogens with zero attached hydrogens (tertiary/aromatic N) is 2. The van der Waals surface area contributed by atoms with Crippen molar-refractivity contribution in [2.75, 3.05) is 0 Å². The molecular formula is C14H12N2. The highest BCUT2D eigenvalue weighted by molar-refractivity contribution is 5.66. The molecule has 0 aliphatic carbocycles. The van der Waals surface area contributed by atoms with E-state index in [-0.39, 0.29) is 0 Å². The zero-order valence-corrected chi connectivity index (χ0v) is 8.67. The summed E-state index contributed by atoms with van der Waals surface area (Å²) < 4.78 is 17.2. The molecule has 0 unspecified atom stereocenters. The lowest BCUT2D eigenvalue weighted by Gasteiger charge is -1.98. The highest BCUT2D eigenvalue weighted by Crippen LogP contribution is 2.22. The summed E-state index contributed by atoms with van der Waals surface area (Å²) in [6, 6.07) is 15.4. The summed E-state index contributed by atoms with van der Waals surface area (Å²) in [6.45, 7) is -1.06. The third-order valence-electron chi connectivity index (χ3n) is 2.61. The molecule has 0 radical (unpaired) electrons. The van der Waals surface area contributed by atoms with Crippen LogP contribution in [-0.4, -0.2) is 9.38 Å². The summed E-state index contributed by atoms with van der Waals surface area (Å²) in [6.07, 6.45) is 1.85. The van der Waals surface area contributed by atoms with Gasteiger partial charge in [-0.05, 0) is 19.0 Å². The number of hydrogen-bond acceptors (Lipinski definition) is 1. The van der Waals surface area contributed by atoms with Gasteiger partial charge in [0.15, 0.2) is 0 Å². The quantitative estimate of drug-likeness (QED) is 0.602. The predicted octanol–water partition coefficient (Wildman–Crippen LogP) is 3.31. The van der Waals surface area contributed by atoms with Crippen molar-refractivity contribution in [2.24, 2.45) is 0 Å². The number of hydrogen-bond donors (Lipinski definition) is 0. The minimum atomic E-state index is -1.06. The van der Waals surface area contributed by atoms with Crippen molar-refractivity contribution in [2.45, 2.75) is 6.88 Å². The van der Waals surface area contributed by atoms with Gasteiger partial charge >= 0.3 is 0 Å². The summed E-state index contributed by atoms with van der Waals surface area (Å²) in [5.41, 5.74) is 3.05. The van der Waals surface area contributed by atoms with Crippen LogP contribution in [0.15, 0.2) is 54.7 Å². The van der Waals surface area contributed by atoms with E-state index >= 15 is 0 Å². The molecule has 0 aliphatic heterocycles. The van der Waals surface area contributed by atoms with Crippen molar-refractivity contribution in [3.05, 3.63) is 60.4 Å². The first kappa shape index (κ1) is 7.23. The van der Waals surface area contributed by atoms with Crippen molar-refractivity contribution in [1.29, 1.82) is 0 Å². The third-order valence-corrected chi connectivity index (χ3v) is 2.61. The number of rotatable bonds is 1. The van der Waals surface area contributed by atoms with E-state index in [1.54, 1.807) is 0 Å². The molecule has 0 spiro atoms. The Bertz CT molecular complexity index is 675. The van der Waals surface area contributed by atoms with Crippen molar-refractivity contribution in [1.82, 2.24) is 9.38 Å². The Balaban J connectivity index is 2.32. The summed E-state index contributed by atoms with van der Waals surface area (Å²) in [5.74, 6) is 0. The lowest BCUT2D eigenvalue weighted by atomic mass is 10.1. The van der Waals surface area contributed by atoms with Crippen LogP contribution >= 0.6 is 0 Å². The van der Waals surface area contributed by atoms with Gasteiger partial charge in [-0.15, -0.1) is 0 Å². The molecule has 3 rings (SSSR count). The maximum atomic E-state index is 7.71. The van der Waals surface area contributed by atoms with Crippen molar-refractivity contribution >= 4 is 5.65 Å². The first-order valence-corrected chi connectivity index (χ1v) is 5.14. The van der Waals surface area contributed by atoms with E-state index in [9.17, 15) is 0 Å². The SMILES string of the molecule is [2H]C([2H])c1c(-c2ccccc2)nc2ccccn12. The Morgan fingerprint density at radius 1 is 1.06 bits per heavy atom. The fourth-order valence-electron chi connectivity index (χ4n) is 1.82. The molecule has 0 atom stereocenters. The molecule has 0 bridgehead atoms. The first-order chi connectivity index (χ1) is 8.77. The van der Waals surface area contributed by atoms with Crippen LogP contribution in [0, 0.1) is 6.88 Å². The van der Waals surface area contributed by atoms with Gasteiger partial charge in [-0.1, -0.05) is 36.4 Å². The standard InChI is InChI=1S/C14H12N2/c1-11-14(12-7-3-2-4-8-12)15-13-9-5-6-10-16(11)13/h2-10H,1H3/i1D2. The summed E-state index contributed by atoms with van der Waals surface area (Å²) in [5, 5.41) is 0. The summed E-state index contributed by atoms with van der Waals surface area (Å²) >= 11 is 0. The molecule has 3 aromatic rings. The molecule has 1 aromatic carbocycles. The molecule has 16 heavy (non-hydrogen) atoms. The number of imidazole rings is 1. The van der Waals surface area contributed by atoms with Crippen LogP contribution in [0.25, 0.3) is 16.9 Å². The minimum Gasteiger partial charge on any atom is -0.304 e. The smallest absolute Gasteiger partial charge is 0.137 e. The van der Waals surface area contributed by atoms with Gasteiger partial charge in [0.25, 0.3) is 0 Å². The number of pyridine rings is 1. The van der Waals surface area contributed by atoms with Crippen molar-refractivity contribution in [3.8, 4) is 11.3 Å². The Kier molecular flexibility index (Phi) is 1.58. The first-order valence-electron chi connectivity index (χ1n) is 6.30. The van der Waals surface area contributed by atoms with Gasteiger partial charge in [0.2, 0.25) is 0 Å². The second kappa shape index (κ2) is 3.49. The van der Waals surface area contributed by atoms with Gasteiger partial charge < -0.3 is 4.40 Å². The Hall–Kier alpha value is -2.09. The molecule has 2 aromatic heterocycles. The van der Waals surface area contributed by atoms with Crippen LogP contribution in [0.4, 0.5) is 0 Å². The zero-order valence-electron chi connectivity index (χ0n) is 10.7. The van der Waals surface area contributed by atoms with E-state index in [1.807, 2.05) is 59.1 Å². The number of benzene rings is 1. The fraction of sp³-hybridized carbons (Fsp3) is 0.0714. The van der Waals surface area contributed by atoms with E-state index in [0.29, 0.717) is 5.69 Å². The van der Waals surface area contributed by atoms with E-state index in [0.717, 1.165) is 16.9 Å².